The lowest BCUT2D eigenvalue weighted by Crippen LogP contribution is -1.96. The average molecular weight is 376 g/mol. The predicted molar refractivity (Wildman–Crippen MR) is 79.6 cm³/mol. The van der Waals surface area contributed by atoms with E-state index in [1.165, 1.54) is 5.56 Å². The minimum atomic E-state index is -0.548. The molecule has 0 aliphatic rings. The van der Waals surface area contributed by atoms with E-state index in [0.717, 1.165) is 25.1 Å². The maximum absolute atomic E-state index is 10.3. The highest BCUT2D eigenvalue weighted by atomic mass is 79.9. The Hall–Kier alpha value is -0.160. The molecule has 0 saturated heterocycles. The highest BCUT2D eigenvalue weighted by Crippen LogP contribution is 2.37. The van der Waals surface area contributed by atoms with E-state index in [-0.39, 0.29) is 0 Å². The van der Waals surface area contributed by atoms with Crippen LogP contribution in [0.1, 0.15) is 29.0 Å². The van der Waals surface area contributed by atoms with Gasteiger partial charge in [0.25, 0.3) is 0 Å². The molecule has 0 aliphatic heterocycles. The Morgan fingerprint density at radius 1 is 1.24 bits per heavy atom. The summed E-state index contributed by atoms with van der Waals surface area (Å²) in [6, 6.07) is 10.1. The average Bonchev–Trinajstić information content (AvgIpc) is 2.69. The fourth-order valence-corrected chi connectivity index (χ4v) is 3.70. The van der Waals surface area contributed by atoms with Crippen molar-refractivity contribution in [2.75, 3.05) is 0 Å². The van der Waals surface area contributed by atoms with Crippen LogP contribution in [0.15, 0.2) is 38.6 Å². The summed E-state index contributed by atoms with van der Waals surface area (Å²) < 4.78 is 2.00. The van der Waals surface area contributed by atoms with Gasteiger partial charge >= 0.3 is 0 Å². The molecule has 0 radical (unpaired) electrons. The summed E-state index contributed by atoms with van der Waals surface area (Å²) in [4.78, 5) is 0.938. The number of benzene rings is 1. The van der Waals surface area contributed by atoms with Crippen molar-refractivity contribution in [3.63, 3.8) is 0 Å². The molecule has 1 nitrogen and oxygen atoms in total. The van der Waals surface area contributed by atoms with Crippen LogP contribution in [-0.4, -0.2) is 5.11 Å². The molecule has 90 valence electrons. The molecule has 1 N–H and O–H groups in total. The first-order valence-corrected chi connectivity index (χ1v) is 7.73. The molecule has 2 rings (SSSR count). The van der Waals surface area contributed by atoms with Crippen LogP contribution in [0.3, 0.4) is 0 Å². The molecule has 1 aromatic carbocycles. The Morgan fingerprint density at radius 3 is 2.35 bits per heavy atom. The molecule has 17 heavy (non-hydrogen) atoms. The van der Waals surface area contributed by atoms with E-state index in [0.29, 0.717) is 0 Å². The molecule has 0 fully saturated rings. The maximum Gasteiger partial charge on any atom is 0.113 e. The van der Waals surface area contributed by atoms with E-state index < -0.39 is 6.10 Å². The van der Waals surface area contributed by atoms with Gasteiger partial charge in [0.2, 0.25) is 0 Å². The van der Waals surface area contributed by atoms with Crippen LogP contribution >= 0.6 is 43.2 Å². The highest BCUT2D eigenvalue weighted by Gasteiger charge is 2.14. The van der Waals surface area contributed by atoms with Gasteiger partial charge in [0.1, 0.15) is 6.10 Å². The van der Waals surface area contributed by atoms with Gasteiger partial charge in [-0.1, -0.05) is 31.2 Å². The van der Waals surface area contributed by atoms with Crippen LogP contribution in [0.2, 0.25) is 0 Å². The molecule has 0 amide bonds. The summed E-state index contributed by atoms with van der Waals surface area (Å²) in [7, 11) is 0. The monoisotopic (exact) mass is 374 g/mol. The van der Waals surface area contributed by atoms with Crippen LogP contribution in [0, 0.1) is 0 Å². The number of rotatable bonds is 3. The second kappa shape index (κ2) is 5.65. The third-order valence-corrected chi connectivity index (χ3v) is 5.95. The number of thiophene rings is 1. The molecule has 1 heterocycles. The first-order valence-electron chi connectivity index (χ1n) is 5.33. The Bertz CT molecular complexity index is 485. The summed E-state index contributed by atoms with van der Waals surface area (Å²) in [5.41, 5.74) is 2.22. The fraction of sp³-hybridized carbons (Fsp3) is 0.231. The van der Waals surface area contributed by atoms with E-state index in [1.54, 1.807) is 11.3 Å². The molecule has 0 bridgehead atoms. The molecular weight excluding hydrogens is 364 g/mol. The highest BCUT2D eigenvalue weighted by molar-refractivity contribution is 9.13. The molecule has 0 aliphatic carbocycles. The van der Waals surface area contributed by atoms with Crippen LogP contribution in [0.5, 0.6) is 0 Å². The molecule has 1 atom stereocenters. The van der Waals surface area contributed by atoms with Gasteiger partial charge in [-0.3, -0.25) is 0 Å². The number of aryl methyl sites for hydroxylation is 1. The smallest absolute Gasteiger partial charge is 0.113 e. The summed E-state index contributed by atoms with van der Waals surface area (Å²) in [6.45, 7) is 2.12. The molecule has 4 heteroatoms. The Labute approximate surface area is 122 Å². The fourth-order valence-electron chi connectivity index (χ4n) is 1.60. The van der Waals surface area contributed by atoms with Gasteiger partial charge in [0.05, 0.1) is 3.79 Å². The minimum absolute atomic E-state index is 0.548. The molecule has 0 spiro atoms. The van der Waals surface area contributed by atoms with E-state index in [1.807, 2.05) is 18.2 Å². The van der Waals surface area contributed by atoms with Crippen molar-refractivity contribution in [2.24, 2.45) is 0 Å². The maximum atomic E-state index is 10.3. The first-order chi connectivity index (χ1) is 8.11. The molecule has 2 aromatic rings. The number of aliphatic hydroxyl groups excluding tert-OH is 1. The third kappa shape index (κ3) is 2.99. The third-order valence-electron chi connectivity index (χ3n) is 2.64. The van der Waals surface area contributed by atoms with E-state index in [2.05, 4.69) is 50.9 Å². The summed E-state index contributed by atoms with van der Waals surface area (Å²) in [6.07, 6.45) is 0.473. The van der Waals surface area contributed by atoms with Crippen molar-refractivity contribution in [1.82, 2.24) is 0 Å². The van der Waals surface area contributed by atoms with Gasteiger partial charge in [-0.15, -0.1) is 11.3 Å². The normalized spacial score (nSPS) is 12.7. The zero-order valence-electron chi connectivity index (χ0n) is 9.28. The molecule has 0 saturated carbocycles. The van der Waals surface area contributed by atoms with Crippen molar-refractivity contribution in [2.45, 2.75) is 19.4 Å². The Balaban J connectivity index is 2.26. The van der Waals surface area contributed by atoms with Gasteiger partial charge in [0.15, 0.2) is 0 Å². The van der Waals surface area contributed by atoms with Crippen molar-refractivity contribution >= 4 is 43.2 Å². The summed E-state index contributed by atoms with van der Waals surface area (Å²) in [5.74, 6) is 0. The largest absolute Gasteiger partial charge is 0.383 e. The van der Waals surface area contributed by atoms with Crippen molar-refractivity contribution in [1.29, 1.82) is 0 Å². The Morgan fingerprint density at radius 2 is 1.88 bits per heavy atom. The standard InChI is InChI=1S/C13H12Br2OS/c1-2-8-3-5-9(6-4-8)12(16)11-7-10(14)13(15)17-11/h3-7,12,16H,2H2,1H3. The number of hydrogen-bond acceptors (Lipinski definition) is 2. The quantitative estimate of drug-likeness (QED) is 0.807. The topological polar surface area (TPSA) is 20.2 Å². The van der Waals surface area contributed by atoms with Crippen molar-refractivity contribution < 1.29 is 5.11 Å². The van der Waals surface area contributed by atoms with Crippen LogP contribution in [-0.2, 0) is 6.42 Å². The lowest BCUT2D eigenvalue weighted by molar-refractivity contribution is 0.224. The summed E-state index contributed by atoms with van der Waals surface area (Å²) >= 11 is 8.42. The zero-order chi connectivity index (χ0) is 12.4. The van der Waals surface area contributed by atoms with Gasteiger partial charge in [-0.2, -0.15) is 0 Å². The number of aliphatic hydroxyl groups is 1. The predicted octanol–water partition coefficient (Wildman–Crippen LogP) is 4.92. The van der Waals surface area contributed by atoms with Crippen LogP contribution < -0.4 is 0 Å². The molecular formula is C13H12Br2OS. The lowest BCUT2D eigenvalue weighted by atomic mass is 10.0. The SMILES string of the molecule is CCc1ccc(C(O)c2cc(Br)c(Br)s2)cc1. The lowest BCUT2D eigenvalue weighted by Gasteiger charge is -2.09. The van der Waals surface area contributed by atoms with E-state index in [4.69, 9.17) is 0 Å². The molecule has 1 aromatic heterocycles. The van der Waals surface area contributed by atoms with Gasteiger partial charge in [-0.05, 0) is 55.5 Å². The Kier molecular flexibility index (Phi) is 4.42. The van der Waals surface area contributed by atoms with Crippen LogP contribution in [0.25, 0.3) is 0 Å². The first kappa shape index (κ1) is 13.3. The van der Waals surface area contributed by atoms with Crippen molar-refractivity contribution in [3.8, 4) is 0 Å². The van der Waals surface area contributed by atoms with Crippen molar-refractivity contribution in [3.05, 3.63) is 54.6 Å². The minimum Gasteiger partial charge on any atom is -0.383 e. The number of hydrogen-bond donors (Lipinski definition) is 1. The summed E-state index contributed by atoms with van der Waals surface area (Å²) in [5, 5.41) is 10.3. The second-order valence-electron chi connectivity index (χ2n) is 3.77. The zero-order valence-corrected chi connectivity index (χ0v) is 13.3. The molecule has 1 unspecified atom stereocenters. The van der Waals surface area contributed by atoms with E-state index >= 15 is 0 Å². The van der Waals surface area contributed by atoms with Gasteiger partial charge in [0, 0.05) is 9.35 Å². The second-order valence-corrected chi connectivity index (χ2v) is 7.02. The van der Waals surface area contributed by atoms with Crippen LogP contribution in [0.4, 0.5) is 0 Å². The van der Waals surface area contributed by atoms with E-state index in [9.17, 15) is 5.11 Å². The van der Waals surface area contributed by atoms with Gasteiger partial charge < -0.3 is 5.11 Å². The number of halogens is 2. The van der Waals surface area contributed by atoms with Gasteiger partial charge in [-0.25, -0.2) is 0 Å².